The summed E-state index contributed by atoms with van der Waals surface area (Å²) in [7, 11) is -1.58. The molecule has 0 heterocycles. The standard InChI is InChI=1S/C20H31N3O3S/c1-23(17-6-5-7-17)20(24)19(21)16-12-10-15(11-13-16)14-22-27(25,26)18-8-3-2-4-9-18/h2-4,8-9,15-17,19,22H,5-7,10-14,21H2,1H3/t15?,16?,19-/m0/s1. The number of nitrogens with two attached hydrogens (primary N) is 1. The van der Waals surface area contributed by atoms with Crippen LogP contribution in [0.25, 0.3) is 0 Å². The summed E-state index contributed by atoms with van der Waals surface area (Å²) in [4.78, 5) is 14.7. The average Bonchev–Trinajstić information content (AvgIpc) is 2.65. The Kier molecular flexibility index (Phi) is 6.55. The monoisotopic (exact) mass is 393 g/mol. The topological polar surface area (TPSA) is 92.5 Å². The van der Waals surface area contributed by atoms with E-state index < -0.39 is 16.1 Å². The summed E-state index contributed by atoms with van der Waals surface area (Å²) in [5.41, 5.74) is 6.27. The van der Waals surface area contributed by atoms with E-state index in [4.69, 9.17) is 5.73 Å². The minimum atomic E-state index is -3.46. The van der Waals surface area contributed by atoms with Crippen molar-refractivity contribution in [3.8, 4) is 0 Å². The zero-order chi connectivity index (χ0) is 19.4. The maximum atomic E-state index is 12.6. The Morgan fingerprint density at radius 3 is 2.33 bits per heavy atom. The van der Waals surface area contributed by atoms with Crippen molar-refractivity contribution in [1.82, 2.24) is 9.62 Å². The second-order valence-electron chi connectivity index (χ2n) is 8.01. The van der Waals surface area contributed by atoms with Crippen molar-refractivity contribution in [1.29, 1.82) is 0 Å². The third kappa shape index (κ3) is 4.89. The summed E-state index contributed by atoms with van der Waals surface area (Å²) < 4.78 is 27.4. The smallest absolute Gasteiger partial charge is 0.240 e. The number of nitrogens with zero attached hydrogens (tertiary/aromatic N) is 1. The van der Waals surface area contributed by atoms with E-state index in [1.54, 1.807) is 30.3 Å². The second-order valence-corrected chi connectivity index (χ2v) is 9.77. The van der Waals surface area contributed by atoms with E-state index in [9.17, 15) is 13.2 Å². The fourth-order valence-corrected chi connectivity index (χ4v) is 5.19. The number of amides is 1. The lowest BCUT2D eigenvalue weighted by atomic mass is 9.78. The van der Waals surface area contributed by atoms with Crippen molar-refractivity contribution in [3.63, 3.8) is 0 Å². The Hall–Kier alpha value is -1.44. The van der Waals surface area contributed by atoms with E-state index in [0.29, 0.717) is 23.4 Å². The maximum Gasteiger partial charge on any atom is 0.240 e. The molecule has 0 aliphatic heterocycles. The van der Waals surface area contributed by atoms with E-state index in [1.165, 1.54) is 6.42 Å². The number of hydrogen-bond donors (Lipinski definition) is 2. The zero-order valence-electron chi connectivity index (χ0n) is 16.0. The molecule has 7 heteroatoms. The van der Waals surface area contributed by atoms with Gasteiger partial charge in [0.1, 0.15) is 0 Å². The van der Waals surface area contributed by atoms with Gasteiger partial charge in [-0.1, -0.05) is 18.2 Å². The van der Waals surface area contributed by atoms with Crippen LogP contribution < -0.4 is 10.5 Å². The Morgan fingerprint density at radius 1 is 1.15 bits per heavy atom. The number of nitrogens with one attached hydrogen (secondary N) is 1. The summed E-state index contributed by atoms with van der Waals surface area (Å²) in [5.74, 6) is 0.557. The SMILES string of the molecule is CN(C(=O)[C@@H](N)C1CCC(CNS(=O)(=O)c2ccccc2)CC1)C1CCC1. The normalized spacial score (nSPS) is 24.8. The largest absolute Gasteiger partial charge is 0.341 e. The van der Waals surface area contributed by atoms with E-state index >= 15 is 0 Å². The highest BCUT2D eigenvalue weighted by Crippen LogP contribution is 2.32. The molecule has 0 bridgehead atoms. The zero-order valence-corrected chi connectivity index (χ0v) is 16.8. The van der Waals surface area contributed by atoms with Crippen LogP contribution in [0.15, 0.2) is 35.2 Å². The van der Waals surface area contributed by atoms with E-state index in [0.717, 1.165) is 38.5 Å². The summed E-state index contributed by atoms with van der Waals surface area (Å²) in [6.45, 7) is 0.440. The van der Waals surface area contributed by atoms with Crippen molar-refractivity contribution in [2.45, 2.75) is 61.9 Å². The van der Waals surface area contributed by atoms with Gasteiger partial charge in [0.05, 0.1) is 10.9 Å². The van der Waals surface area contributed by atoms with Crippen molar-refractivity contribution in [2.24, 2.45) is 17.6 Å². The lowest BCUT2D eigenvalue weighted by molar-refractivity contribution is -0.136. The van der Waals surface area contributed by atoms with Crippen LogP contribution in [0, 0.1) is 11.8 Å². The predicted octanol–water partition coefficient (Wildman–Crippen LogP) is 2.11. The van der Waals surface area contributed by atoms with Crippen LogP contribution >= 0.6 is 0 Å². The third-order valence-electron chi connectivity index (χ3n) is 6.27. The molecule has 1 atom stereocenters. The molecule has 0 unspecified atom stereocenters. The highest BCUT2D eigenvalue weighted by atomic mass is 32.2. The molecule has 2 aliphatic carbocycles. The molecule has 150 valence electrons. The molecular weight excluding hydrogens is 362 g/mol. The predicted molar refractivity (Wildman–Crippen MR) is 105 cm³/mol. The Morgan fingerprint density at radius 2 is 1.78 bits per heavy atom. The molecule has 2 aliphatic rings. The van der Waals surface area contributed by atoms with Crippen LogP contribution in [-0.2, 0) is 14.8 Å². The van der Waals surface area contributed by atoms with Gasteiger partial charge in [0.2, 0.25) is 15.9 Å². The fraction of sp³-hybridized carbons (Fsp3) is 0.650. The van der Waals surface area contributed by atoms with Crippen LogP contribution in [0.3, 0.4) is 0 Å². The molecule has 0 spiro atoms. The molecule has 0 saturated heterocycles. The van der Waals surface area contributed by atoms with Gasteiger partial charge < -0.3 is 10.6 Å². The van der Waals surface area contributed by atoms with Crippen LogP contribution in [-0.4, -0.2) is 44.9 Å². The number of benzene rings is 1. The van der Waals surface area contributed by atoms with Crippen LogP contribution in [0.5, 0.6) is 0 Å². The molecule has 2 fully saturated rings. The average molecular weight is 394 g/mol. The van der Waals surface area contributed by atoms with Gasteiger partial charge in [-0.3, -0.25) is 4.79 Å². The maximum absolute atomic E-state index is 12.6. The Labute approximate surface area is 162 Å². The molecule has 27 heavy (non-hydrogen) atoms. The van der Waals surface area contributed by atoms with Crippen LogP contribution in [0.4, 0.5) is 0 Å². The van der Waals surface area contributed by atoms with Gasteiger partial charge in [-0.15, -0.1) is 0 Å². The summed E-state index contributed by atoms with van der Waals surface area (Å²) >= 11 is 0. The van der Waals surface area contributed by atoms with Crippen molar-refractivity contribution in [3.05, 3.63) is 30.3 Å². The number of carbonyl (C=O) groups excluding carboxylic acids is 1. The first-order chi connectivity index (χ1) is 12.9. The molecule has 1 amide bonds. The van der Waals surface area contributed by atoms with Crippen molar-refractivity contribution >= 4 is 15.9 Å². The lowest BCUT2D eigenvalue weighted by Crippen LogP contribution is -2.52. The number of carbonyl (C=O) groups is 1. The first-order valence-electron chi connectivity index (χ1n) is 9.95. The fourth-order valence-electron chi connectivity index (χ4n) is 4.05. The van der Waals surface area contributed by atoms with Crippen LogP contribution in [0.1, 0.15) is 44.9 Å². The molecular formula is C20H31N3O3S. The number of hydrogen-bond acceptors (Lipinski definition) is 4. The van der Waals surface area contributed by atoms with Gasteiger partial charge in [-0.2, -0.15) is 0 Å². The lowest BCUT2D eigenvalue weighted by Gasteiger charge is -2.38. The Bertz CT molecular complexity index is 726. The third-order valence-corrected chi connectivity index (χ3v) is 7.71. The van der Waals surface area contributed by atoms with Crippen molar-refractivity contribution in [2.75, 3.05) is 13.6 Å². The number of rotatable bonds is 7. The van der Waals surface area contributed by atoms with Gasteiger partial charge in [0, 0.05) is 19.6 Å². The summed E-state index contributed by atoms with van der Waals surface area (Å²) in [6.07, 6.45) is 6.92. The molecule has 0 aromatic heterocycles. The Balaban J connectivity index is 1.45. The molecule has 1 aromatic rings. The molecule has 0 radical (unpaired) electrons. The minimum absolute atomic E-state index is 0.0629. The number of sulfonamides is 1. The highest BCUT2D eigenvalue weighted by molar-refractivity contribution is 7.89. The van der Waals surface area contributed by atoms with Gasteiger partial charge in [0.15, 0.2) is 0 Å². The van der Waals surface area contributed by atoms with E-state index in [1.807, 2.05) is 11.9 Å². The summed E-state index contributed by atoms with van der Waals surface area (Å²) in [5, 5.41) is 0. The first-order valence-corrected chi connectivity index (χ1v) is 11.4. The van der Waals surface area contributed by atoms with Gasteiger partial charge in [-0.25, -0.2) is 13.1 Å². The van der Waals surface area contributed by atoms with Gasteiger partial charge in [0.25, 0.3) is 0 Å². The highest BCUT2D eigenvalue weighted by Gasteiger charge is 2.34. The molecule has 1 aromatic carbocycles. The number of likely N-dealkylation sites (N-methyl/N-ethyl adjacent to an activating group) is 1. The van der Waals surface area contributed by atoms with Crippen LogP contribution in [0.2, 0.25) is 0 Å². The first kappa shape index (κ1) is 20.3. The molecule has 2 saturated carbocycles. The van der Waals surface area contributed by atoms with E-state index in [2.05, 4.69) is 4.72 Å². The molecule has 3 rings (SSSR count). The quantitative estimate of drug-likeness (QED) is 0.742. The minimum Gasteiger partial charge on any atom is -0.341 e. The van der Waals surface area contributed by atoms with Crippen molar-refractivity contribution < 1.29 is 13.2 Å². The molecule has 3 N–H and O–H groups in total. The summed E-state index contributed by atoms with van der Waals surface area (Å²) in [6, 6.07) is 8.38. The molecule has 6 nitrogen and oxygen atoms in total. The van der Waals surface area contributed by atoms with Gasteiger partial charge >= 0.3 is 0 Å². The second kappa shape index (κ2) is 8.71. The van der Waals surface area contributed by atoms with Gasteiger partial charge in [-0.05, 0) is 68.9 Å². The van der Waals surface area contributed by atoms with E-state index in [-0.39, 0.29) is 11.8 Å².